The standard InChI is InChI=1S/C20H32N2O/c1-2-3-4-19-21-17(18(13-23)22-19)5-6-20-10-14-7-15(11-20)9-16(8-14)12-20/h14-16,23H,2-13H2,1H3,(H,21,22). The van der Waals surface area contributed by atoms with Gasteiger partial charge in [0, 0.05) is 6.42 Å². The molecule has 3 nitrogen and oxygen atoms in total. The number of aliphatic hydroxyl groups excluding tert-OH is 1. The summed E-state index contributed by atoms with van der Waals surface area (Å²) in [6, 6.07) is 0. The van der Waals surface area contributed by atoms with Gasteiger partial charge >= 0.3 is 0 Å². The molecule has 128 valence electrons. The summed E-state index contributed by atoms with van der Waals surface area (Å²) in [4.78, 5) is 8.18. The van der Waals surface area contributed by atoms with Crippen LogP contribution < -0.4 is 0 Å². The second kappa shape index (κ2) is 6.23. The molecule has 0 aliphatic heterocycles. The zero-order valence-electron chi connectivity index (χ0n) is 14.6. The van der Waals surface area contributed by atoms with Crippen LogP contribution in [0.4, 0.5) is 0 Å². The zero-order valence-corrected chi connectivity index (χ0v) is 14.6. The number of aliphatic hydroxyl groups is 1. The molecule has 3 heteroatoms. The fourth-order valence-electron chi connectivity index (χ4n) is 6.28. The van der Waals surface area contributed by atoms with E-state index in [2.05, 4.69) is 11.9 Å². The fourth-order valence-corrected chi connectivity index (χ4v) is 6.28. The number of hydrogen-bond acceptors (Lipinski definition) is 2. The van der Waals surface area contributed by atoms with Crippen LogP contribution >= 0.6 is 0 Å². The molecule has 0 amide bonds. The van der Waals surface area contributed by atoms with Gasteiger partial charge in [-0.1, -0.05) is 13.3 Å². The molecule has 4 saturated carbocycles. The average Bonchev–Trinajstić information content (AvgIpc) is 2.92. The van der Waals surface area contributed by atoms with Crippen LogP contribution in [-0.4, -0.2) is 15.1 Å². The van der Waals surface area contributed by atoms with Crippen molar-refractivity contribution in [3.8, 4) is 0 Å². The number of H-pyrrole nitrogens is 1. The molecular formula is C20H32N2O. The molecule has 5 rings (SSSR count). The molecular weight excluding hydrogens is 284 g/mol. The summed E-state index contributed by atoms with van der Waals surface area (Å²) in [5, 5.41) is 9.65. The van der Waals surface area contributed by atoms with Gasteiger partial charge in [-0.2, -0.15) is 0 Å². The van der Waals surface area contributed by atoms with E-state index in [0.29, 0.717) is 5.41 Å². The summed E-state index contributed by atoms with van der Waals surface area (Å²) in [6.45, 7) is 2.32. The lowest BCUT2D eigenvalue weighted by atomic mass is 9.48. The van der Waals surface area contributed by atoms with Crippen LogP contribution in [0.3, 0.4) is 0 Å². The fraction of sp³-hybridized carbons (Fsp3) is 0.850. The third-order valence-corrected chi connectivity index (χ3v) is 6.90. The summed E-state index contributed by atoms with van der Waals surface area (Å²) < 4.78 is 0. The molecule has 0 spiro atoms. The molecule has 0 radical (unpaired) electrons. The number of imidazole rings is 1. The highest BCUT2D eigenvalue weighted by molar-refractivity contribution is 5.15. The molecule has 1 aromatic heterocycles. The quantitative estimate of drug-likeness (QED) is 0.783. The van der Waals surface area contributed by atoms with Gasteiger partial charge in [-0.3, -0.25) is 0 Å². The Morgan fingerprint density at radius 2 is 1.74 bits per heavy atom. The monoisotopic (exact) mass is 316 g/mol. The Labute approximate surface area is 140 Å². The van der Waals surface area contributed by atoms with Crippen LogP contribution in [0.5, 0.6) is 0 Å². The van der Waals surface area contributed by atoms with E-state index in [1.54, 1.807) is 0 Å². The number of nitrogens with zero attached hydrogens (tertiary/aromatic N) is 1. The molecule has 4 fully saturated rings. The maximum atomic E-state index is 9.65. The first-order chi connectivity index (χ1) is 11.2. The maximum absolute atomic E-state index is 9.65. The zero-order chi connectivity index (χ0) is 15.9. The topological polar surface area (TPSA) is 48.9 Å². The first kappa shape index (κ1) is 15.7. The minimum Gasteiger partial charge on any atom is -0.390 e. The van der Waals surface area contributed by atoms with Gasteiger partial charge in [-0.05, 0) is 81.0 Å². The summed E-state index contributed by atoms with van der Waals surface area (Å²) in [7, 11) is 0. The molecule has 1 aromatic rings. The van der Waals surface area contributed by atoms with Crippen molar-refractivity contribution < 1.29 is 5.11 Å². The molecule has 1 heterocycles. The van der Waals surface area contributed by atoms with E-state index in [1.807, 2.05) is 0 Å². The second-order valence-corrected chi connectivity index (χ2v) is 8.79. The lowest BCUT2D eigenvalue weighted by molar-refractivity contribution is -0.0571. The third kappa shape index (κ3) is 3.09. The van der Waals surface area contributed by atoms with Crippen molar-refractivity contribution in [2.75, 3.05) is 0 Å². The van der Waals surface area contributed by atoms with Crippen molar-refractivity contribution in [3.05, 3.63) is 17.2 Å². The highest BCUT2D eigenvalue weighted by atomic mass is 16.3. The minimum absolute atomic E-state index is 0.106. The largest absolute Gasteiger partial charge is 0.390 e. The third-order valence-electron chi connectivity index (χ3n) is 6.90. The Hall–Kier alpha value is -0.830. The predicted octanol–water partition coefficient (Wildman–Crippen LogP) is 4.39. The highest BCUT2D eigenvalue weighted by Crippen LogP contribution is 2.61. The van der Waals surface area contributed by atoms with E-state index < -0.39 is 0 Å². The van der Waals surface area contributed by atoms with Crippen molar-refractivity contribution in [3.63, 3.8) is 0 Å². The first-order valence-corrected chi connectivity index (χ1v) is 9.87. The molecule has 0 atom stereocenters. The van der Waals surface area contributed by atoms with Gasteiger partial charge in [0.15, 0.2) is 0 Å². The maximum Gasteiger partial charge on any atom is 0.106 e. The molecule has 4 bridgehead atoms. The number of rotatable bonds is 7. The van der Waals surface area contributed by atoms with Crippen molar-refractivity contribution in [2.45, 2.75) is 84.2 Å². The number of aromatic nitrogens is 2. The van der Waals surface area contributed by atoms with E-state index in [9.17, 15) is 5.11 Å². The summed E-state index contributed by atoms with van der Waals surface area (Å²) >= 11 is 0. The predicted molar refractivity (Wildman–Crippen MR) is 92.0 cm³/mol. The number of nitrogens with one attached hydrogen (secondary N) is 1. The molecule has 0 aromatic carbocycles. The smallest absolute Gasteiger partial charge is 0.106 e. The lowest BCUT2D eigenvalue weighted by Crippen LogP contribution is -2.46. The van der Waals surface area contributed by atoms with Gasteiger partial charge in [0.05, 0.1) is 18.0 Å². The average molecular weight is 316 g/mol. The second-order valence-electron chi connectivity index (χ2n) is 8.79. The van der Waals surface area contributed by atoms with Gasteiger partial charge in [0.25, 0.3) is 0 Å². The van der Waals surface area contributed by atoms with Crippen LogP contribution in [0.1, 0.15) is 81.9 Å². The van der Waals surface area contributed by atoms with Crippen LogP contribution in [0.25, 0.3) is 0 Å². The Kier molecular flexibility index (Phi) is 4.25. The van der Waals surface area contributed by atoms with Gasteiger partial charge in [-0.25, -0.2) is 4.98 Å². The van der Waals surface area contributed by atoms with E-state index in [0.717, 1.165) is 47.8 Å². The van der Waals surface area contributed by atoms with E-state index in [-0.39, 0.29) is 6.61 Å². The SMILES string of the molecule is CCCCc1nc(CCC23CC4CC(CC(C4)C2)C3)c(CO)[nH]1. The van der Waals surface area contributed by atoms with Crippen LogP contribution in [-0.2, 0) is 19.4 Å². The van der Waals surface area contributed by atoms with Crippen LogP contribution in [0.15, 0.2) is 0 Å². The highest BCUT2D eigenvalue weighted by Gasteiger charge is 2.50. The van der Waals surface area contributed by atoms with Gasteiger partial charge in [-0.15, -0.1) is 0 Å². The molecule has 23 heavy (non-hydrogen) atoms. The molecule has 2 N–H and O–H groups in total. The van der Waals surface area contributed by atoms with Crippen molar-refractivity contribution in [1.29, 1.82) is 0 Å². The van der Waals surface area contributed by atoms with Crippen molar-refractivity contribution in [2.24, 2.45) is 23.2 Å². The van der Waals surface area contributed by atoms with Gasteiger partial charge in [0.1, 0.15) is 5.82 Å². The first-order valence-electron chi connectivity index (χ1n) is 9.87. The Morgan fingerprint density at radius 1 is 1.09 bits per heavy atom. The van der Waals surface area contributed by atoms with E-state index in [1.165, 1.54) is 57.8 Å². The molecule has 4 aliphatic rings. The number of hydrogen-bond donors (Lipinski definition) is 2. The molecule has 0 unspecified atom stereocenters. The summed E-state index contributed by atoms with van der Waals surface area (Å²) in [5.41, 5.74) is 2.74. The number of aromatic amines is 1. The number of aryl methyl sites for hydroxylation is 2. The minimum atomic E-state index is 0.106. The summed E-state index contributed by atoms with van der Waals surface area (Å²) in [5.74, 6) is 4.16. The molecule has 4 aliphatic carbocycles. The Bertz CT molecular complexity index is 513. The summed E-state index contributed by atoms with van der Waals surface area (Å²) in [6.07, 6.45) is 14.7. The van der Waals surface area contributed by atoms with Crippen molar-refractivity contribution >= 4 is 0 Å². The van der Waals surface area contributed by atoms with Crippen molar-refractivity contribution in [1.82, 2.24) is 9.97 Å². The van der Waals surface area contributed by atoms with Crippen LogP contribution in [0.2, 0.25) is 0 Å². The van der Waals surface area contributed by atoms with E-state index in [4.69, 9.17) is 4.98 Å². The normalized spacial score (nSPS) is 35.1. The lowest BCUT2D eigenvalue weighted by Gasteiger charge is -2.57. The Balaban J connectivity index is 1.43. The van der Waals surface area contributed by atoms with E-state index >= 15 is 0 Å². The van der Waals surface area contributed by atoms with Gasteiger partial charge in [0.2, 0.25) is 0 Å². The van der Waals surface area contributed by atoms with Gasteiger partial charge < -0.3 is 10.1 Å². The molecule has 0 saturated heterocycles. The number of unbranched alkanes of at least 4 members (excludes halogenated alkanes) is 1. The Morgan fingerprint density at radius 3 is 2.30 bits per heavy atom. The van der Waals surface area contributed by atoms with Crippen LogP contribution in [0, 0.1) is 23.2 Å².